The van der Waals surface area contributed by atoms with E-state index in [1.807, 2.05) is 12.1 Å². The SMILES string of the molecule is CC(=O)OCCN(N)c1ccccc1Cl. The smallest absolute Gasteiger partial charge is 0.302 e. The molecule has 82 valence electrons. The minimum absolute atomic E-state index is 0.247. The molecule has 4 nitrogen and oxygen atoms in total. The lowest BCUT2D eigenvalue weighted by Crippen LogP contribution is -2.34. The molecule has 1 aromatic rings. The Morgan fingerprint density at radius 1 is 1.53 bits per heavy atom. The van der Waals surface area contributed by atoms with Gasteiger partial charge in [0.25, 0.3) is 0 Å². The molecule has 0 heterocycles. The highest BCUT2D eigenvalue weighted by molar-refractivity contribution is 6.33. The van der Waals surface area contributed by atoms with Crippen LogP contribution in [0.5, 0.6) is 0 Å². The van der Waals surface area contributed by atoms with E-state index in [1.54, 1.807) is 12.1 Å². The van der Waals surface area contributed by atoms with Gasteiger partial charge in [0.1, 0.15) is 6.61 Å². The number of halogens is 1. The van der Waals surface area contributed by atoms with Crippen molar-refractivity contribution < 1.29 is 9.53 Å². The Labute approximate surface area is 93.5 Å². The summed E-state index contributed by atoms with van der Waals surface area (Å²) in [5, 5.41) is 2.02. The molecule has 0 atom stereocenters. The second-order valence-electron chi connectivity index (χ2n) is 2.98. The molecule has 0 saturated carbocycles. The first kappa shape index (κ1) is 11.8. The number of ether oxygens (including phenoxy) is 1. The molecule has 0 aliphatic rings. The first-order valence-electron chi connectivity index (χ1n) is 4.51. The second-order valence-corrected chi connectivity index (χ2v) is 3.39. The molecule has 0 bridgehead atoms. The molecular weight excluding hydrogens is 216 g/mol. The summed E-state index contributed by atoms with van der Waals surface area (Å²) in [5.74, 6) is 5.42. The van der Waals surface area contributed by atoms with Gasteiger partial charge in [-0.1, -0.05) is 23.7 Å². The van der Waals surface area contributed by atoms with E-state index in [1.165, 1.54) is 11.9 Å². The fourth-order valence-electron chi connectivity index (χ4n) is 1.09. The van der Waals surface area contributed by atoms with Gasteiger partial charge in [0.15, 0.2) is 0 Å². The molecule has 0 aliphatic carbocycles. The van der Waals surface area contributed by atoms with Gasteiger partial charge in [-0.05, 0) is 12.1 Å². The van der Waals surface area contributed by atoms with Crippen molar-refractivity contribution >= 4 is 23.3 Å². The van der Waals surface area contributed by atoms with E-state index in [0.717, 1.165) is 0 Å². The van der Waals surface area contributed by atoms with Crippen LogP contribution in [-0.2, 0) is 9.53 Å². The van der Waals surface area contributed by atoms with Crippen molar-refractivity contribution in [3.8, 4) is 0 Å². The summed E-state index contributed by atoms with van der Waals surface area (Å²) in [4.78, 5) is 10.5. The number of hydrazine groups is 1. The third kappa shape index (κ3) is 3.77. The van der Waals surface area contributed by atoms with Gasteiger partial charge >= 0.3 is 5.97 Å². The third-order valence-corrected chi connectivity index (χ3v) is 2.12. The van der Waals surface area contributed by atoms with Gasteiger partial charge in [-0.3, -0.25) is 4.79 Å². The Hall–Kier alpha value is -1.26. The van der Waals surface area contributed by atoms with Crippen LogP contribution in [0.4, 0.5) is 5.69 Å². The fourth-order valence-corrected chi connectivity index (χ4v) is 1.34. The Morgan fingerprint density at radius 2 is 2.20 bits per heavy atom. The van der Waals surface area contributed by atoms with E-state index in [-0.39, 0.29) is 12.6 Å². The highest BCUT2D eigenvalue weighted by atomic mass is 35.5. The summed E-state index contributed by atoms with van der Waals surface area (Å²) >= 11 is 5.93. The number of anilines is 1. The Morgan fingerprint density at radius 3 is 2.80 bits per heavy atom. The maximum atomic E-state index is 10.5. The van der Waals surface area contributed by atoms with Crippen molar-refractivity contribution in [3.63, 3.8) is 0 Å². The maximum absolute atomic E-state index is 10.5. The molecule has 0 spiro atoms. The number of rotatable bonds is 4. The number of benzene rings is 1. The predicted octanol–water partition coefficient (Wildman–Crippen LogP) is 1.58. The quantitative estimate of drug-likeness (QED) is 0.483. The molecule has 1 rings (SSSR count). The van der Waals surface area contributed by atoms with Crippen LogP contribution >= 0.6 is 11.6 Å². The molecule has 1 aromatic carbocycles. The van der Waals surface area contributed by atoms with Crippen LogP contribution in [0.1, 0.15) is 6.92 Å². The summed E-state index contributed by atoms with van der Waals surface area (Å²) in [7, 11) is 0. The van der Waals surface area contributed by atoms with Gasteiger partial charge in [0.05, 0.1) is 17.3 Å². The molecule has 0 radical (unpaired) electrons. The van der Waals surface area contributed by atoms with Crippen LogP contribution in [0.15, 0.2) is 24.3 Å². The number of carbonyl (C=O) groups is 1. The molecule has 0 unspecified atom stereocenters. The number of nitrogens with zero attached hydrogens (tertiary/aromatic N) is 1. The molecule has 15 heavy (non-hydrogen) atoms. The zero-order chi connectivity index (χ0) is 11.3. The molecule has 0 fully saturated rings. The Bertz CT molecular complexity index is 344. The molecule has 0 aliphatic heterocycles. The van der Waals surface area contributed by atoms with Crippen molar-refractivity contribution in [1.82, 2.24) is 0 Å². The van der Waals surface area contributed by atoms with Crippen LogP contribution in [0.2, 0.25) is 5.02 Å². The summed E-state index contributed by atoms with van der Waals surface area (Å²) in [6.07, 6.45) is 0. The minimum atomic E-state index is -0.317. The van der Waals surface area contributed by atoms with Gasteiger partial charge < -0.3 is 9.75 Å². The van der Waals surface area contributed by atoms with Crippen LogP contribution in [0.3, 0.4) is 0 Å². The number of hydrogen-bond donors (Lipinski definition) is 1. The minimum Gasteiger partial charge on any atom is -0.464 e. The van der Waals surface area contributed by atoms with E-state index in [2.05, 4.69) is 0 Å². The monoisotopic (exact) mass is 228 g/mol. The van der Waals surface area contributed by atoms with Gasteiger partial charge in [0.2, 0.25) is 0 Å². The lowest BCUT2D eigenvalue weighted by Gasteiger charge is -2.19. The molecule has 0 amide bonds. The van der Waals surface area contributed by atoms with Gasteiger partial charge in [-0.2, -0.15) is 0 Å². The predicted molar refractivity (Wildman–Crippen MR) is 59.6 cm³/mol. The molecular formula is C10H13ClN2O2. The third-order valence-electron chi connectivity index (χ3n) is 1.80. The van der Waals surface area contributed by atoms with Crippen LogP contribution in [-0.4, -0.2) is 19.1 Å². The van der Waals surface area contributed by atoms with Gasteiger partial charge in [0, 0.05) is 6.92 Å². The molecule has 0 saturated heterocycles. The van der Waals surface area contributed by atoms with E-state index < -0.39 is 0 Å². The van der Waals surface area contributed by atoms with Crippen molar-refractivity contribution in [2.24, 2.45) is 5.84 Å². The Balaban J connectivity index is 2.50. The summed E-state index contributed by atoms with van der Waals surface area (Å²) < 4.78 is 4.77. The van der Waals surface area contributed by atoms with Crippen molar-refractivity contribution in [2.75, 3.05) is 18.2 Å². The summed E-state index contributed by atoms with van der Waals surface area (Å²) in [6.45, 7) is 2.01. The summed E-state index contributed by atoms with van der Waals surface area (Å²) in [5.41, 5.74) is 0.714. The topological polar surface area (TPSA) is 55.6 Å². The number of hydrogen-bond acceptors (Lipinski definition) is 4. The number of nitrogens with two attached hydrogens (primary N) is 1. The zero-order valence-corrected chi connectivity index (χ0v) is 9.20. The average molecular weight is 229 g/mol. The normalized spacial score (nSPS) is 9.80. The van der Waals surface area contributed by atoms with E-state index in [9.17, 15) is 4.79 Å². The van der Waals surface area contributed by atoms with Gasteiger partial charge in [-0.15, -0.1) is 0 Å². The fraction of sp³-hybridized carbons (Fsp3) is 0.300. The first-order valence-corrected chi connectivity index (χ1v) is 4.89. The van der Waals surface area contributed by atoms with Crippen LogP contribution < -0.4 is 10.9 Å². The van der Waals surface area contributed by atoms with Crippen molar-refractivity contribution in [2.45, 2.75) is 6.92 Å². The number of esters is 1. The highest BCUT2D eigenvalue weighted by Gasteiger charge is 2.05. The van der Waals surface area contributed by atoms with E-state index in [4.69, 9.17) is 22.2 Å². The first-order chi connectivity index (χ1) is 7.11. The van der Waals surface area contributed by atoms with E-state index >= 15 is 0 Å². The molecule has 2 N–H and O–H groups in total. The van der Waals surface area contributed by atoms with Crippen LogP contribution in [0, 0.1) is 0 Å². The maximum Gasteiger partial charge on any atom is 0.302 e. The average Bonchev–Trinajstić information content (AvgIpc) is 2.17. The van der Waals surface area contributed by atoms with E-state index in [0.29, 0.717) is 17.3 Å². The molecule has 5 heteroatoms. The standard InChI is InChI=1S/C10H13ClN2O2/c1-8(14)15-7-6-13(12)10-5-3-2-4-9(10)11/h2-5H,6-7,12H2,1H3. The second kappa shape index (κ2) is 5.58. The zero-order valence-electron chi connectivity index (χ0n) is 8.44. The Kier molecular flexibility index (Phi) is 4.39. The van der Waals surface area contributed by atoms with Gasteiger partial charge in [-0.25, -0.2) is 5.84 Å². The highest BCUT2D eigenvalue weighted by Crippen LogP contribution is 2.22. The summed E-state index contributed by atoms with van der Waals surface area (Å²) in [6, 6.07) is 7.22. The van der Waals surface area contributed by atoms with Crippen molar-refractivity contribution in [1.29, 1.82) is 0 Å². The lowest BCUT2D eigenvalue weighted by molar-refractivity contribution is -0.140. The largest absolute Gasteiger partial charge is 0.464 e. The van der Waals surface area contributed by atoms with Crippen molar-refractivity contribution in [3.05, 3.63) is 29.3 Å². The number of carbonyl (C=O) groups excluding carboxylic acids is 1. The van der Waals surface area contributed by atoms with Crippen LogP contribution in [0.25, 0.3) is 0 Å². The number of para-hydroxylation sites is 1. The molecule has 0 aromatic heterocycles. The lowest BCUT2D eigenvalue weighted by atomic mass is 10.3.